The van der Waals surface area contributed by atoms with Gasteiger partial charge < -0.3 is 4.74 Å². The second-order valence-electron chi connectivity index (χ2n) is 5.44. The van der Waals surface area contributed by atoms with E-state index < -0.39 is 17.5 Å². The molecule has 3 rings (SSSR count). The molecule has 0 aliphatic carbocycles. The summed E-state index contributed by atoms with van der Waals surface area (Å²) in [5, 5.41) is 0.290. The van der Waals surface area contributed by atoms with E-state index in [0.29, 0.717) is 10.6 Å². The molecule has 0 saturated heterocycles. The number of aryl methyl sites for hydroxylation is 1. The number of pyridine rings is 1. The highest BCUT2D eigenvalue weighted by Gasteiger charge is 2.14. The Morgan fingerprint density at radius 3 is 2.56 bits per heavy atom. The quantitative estimate of drug-likeness (QED) is 0.592. The van der Waals surface area contributed by atoms with Crippen LogP contribution >= 0.6 is 11.6 Å². The smallest absolute Gasteiger partial charge is 0.214 e. The molecule has 0 aliphatic rings. The van der Waals surface area contributed by atoms with Crippen LogP contribution in [0.25, 0.3) is 11.3 Å². The summed E-state index contributed by atoms with van der Waals surface area (Å²) >= 11 is 5.70. The third-order valence-corrected chi connectivity index (χ3v) is 3.90. The molecule has 2 aromatic carbocycles. The lowest BCUT2D eigenvalue weighted by Gasteiger charge is -2.09. The number of rotatable bonds is 4. The Kier molecular flexibility index (Phi) is 4.95. The molecule has 0 unspecified atom stereocenters. The zero-order chi connectivity index (χ0) is 18.0. The number of hydrogen-bond acceptors (Lipinski definition) is 2. The lowest BCUT2D eigenvalue weighted by Crippen LogP contribution is -2.01. The zero-order valence-corrected chi connectivity index (χ0v) is 13.9. The van der Waals surface area contributed by atoms with Gasteiger partial charge in [0.05, 0.1) is 5.69 Å². The van der Waals surface area contributed by atoms with Gasteiger partial charge in [-0.3, -0.25) is 0 Å². The molecule has 0 amide bonds. The van der Waals surface area contributed by atoms with Gasteiger partial charge in [-0.1, -0.05) is 29.8 Å². The van der Waals surface area contributed by atoms with E-state index in [1.54, 1.807) is 24.3 Å². The van der Waals surface area contributed by atoms with Crippen LogP contribution in [0.15, 0.2) is 48.5 Å². The SMILES string of the molecule is Cc1ccc(-c2cccc(OCc3ccc(Cl)cc3F)n2)c(F)c1F. The van der Waals surface area contributed by atoms with E-state index in [9.17, 15) is 13.2 Å². The monoisotopic (exact) mass is 363 g/mol. The first kappa shape index (κ1) is 17.3. The molecule has 0 spiro atoms. The maximum atomic E-state index is 14.1. The van der Waals surface area contributed by atoms with Gasteiger partial charge in [-0.2, -0.15) is 0 Å². The summed E-state index contributed by atoms with van der Waals surface area (Å²) in [6.07, 6.45) is 0. The summed E-state index contributed by atoms with van der Waals surface area (Å²) in [6, 6.07) is 11.9. The van der Waals surface area contributed by atoms with Gasteiger partial charge in [-0.15, -0.1) is 0 Å². The summed E-state index contributed by atoms with van der Waals surface area (Å²) in [6.45, 7) is 1.42. The van der Waals surface area contributed by atoms with E-state index in [0.717, 1.165) is 0 Å². The predicted octanol–water partition coefficient (Wildman–Crippen LogP) is 5.71. The number of benzene rings is 2. The van der Waals surface area contributed by atoms with Gasteiger partial charge in [0.15, 0.2) is 11.6 Å². The zero-order valence-electron chi connectivity index (χ0n) is 13.2. The third kappa shape index (κ3) is 3.77. The lowest BCUT2D eigenvalue weighted by atomic mass is 10.1. The lowest BCUT2D eigenvalue weighted by molar-refractivity contribution is 0.288. The van der Waals surface area contributed by atoms with E-state index in [4.69, 9.17) is 16.3 Å². The van der Waals surface area contributed by atoms with E-state index in [-0.39, 0.29) is 29.3 Å². The predicted molar refractivity (Wildman–Crippen MR) is 90.1 cm³/mol. The van der Waals surface area contributed by atoms with E-state index in [1.165, 1.54) is 31.2 Å². The largest absolute Gasteiger partial charge is 0.473 e. The van der Waals surface area contributed by atoms with Crippen LogP contribution in [0.2, 0.25) is 5.02 Å². The molecule has 1 heterocycles. The molecule has 0 N–H and O–H groups in total. The minimum absolute atomic E-state index is 0.0335. The van der Waals surface area contributed by atoms with Crippen LogP contribution < -0.4 is 4.74 Å². The van der Waals surface area contributed by atoms with Gasteiger partial charge in [0.1, 0.15) is 12.4 Å². The van der Waals surface area contributed by atoms with Crippen LogP contribution in [-0.2, 0) is 6.61 Å². The molecule has 2 nitrogen and oxygen atoms in total. The van der Waals surface area contributed by atoms with Crippen LogP contribution in [0.4, 0.5) is 13.2 Å². The number of halogens is 4. The molecule has 6 heteroatoms. The van der Waals surface area contributed by atoms with E-state index in [2.05, 4.69) is 4.98 Å². The van der Waals surface area contributed by atoms with Crippen molar-refractivity contribution >= 4 is 11.6 Å². The van der Waals surface area contributed by atoms with E-state index in [1.807, 2.05) is 0 Å². The normalized spacial score (nSPS) is 10.8. The highest BCUT2D eigenvalue weighted by Crippen LogP contribution is 2.26. The fraction of sp³-hybridized carbons (Fsp3) is 0.105. The maximum Gasteiger partial charge on any atom is 0.214 e. The van der Waals surface area contributed by atoms with Crippen LogP contribution in [0, 0.1) is 24.4 Å². The molecule has 0 atom stereocenters. The fourth-order valence-corrected chi connectivity index (χ4v) is 2.44. The van der Waals surface area contributed by atoms with Crippen molar-refractivity contribution in [2.24, 2.45) is 0 Å². The van der Waals surface area contributed by atoms with Gasteiger partial charge in [0, 0.05) is 22.2 Å². The molecule has 25 heavy (non-hydrogen) atoms. The summed E-state index contributed by atoms with van der Waals surface area (Å²) in [5.41, 5.74) is 0.785. The van der Waals surface area contributed by atoms with E-state index >= 15 is 0 Å². The first-order chi connectivity index (χ1) is 12.0. The second kappa shape index (κ2) is 7.15. The fourth-order valence-electron chi connectivity index (χ4n) is 2.28. The van der Waals surface area contributed by atoms with Gasteiger partial charge in [-0.05, 0) is 36.8 Å². The molecule has 0 bridgehead atoms. The topological polar surface area (TPSA) is 22.1 Å². The van der Waals surface area contributed by atoms with Crippen LogP contribution in [-0.4, -0.2) is 4.98 Å². The summed E-state index contributed by atoms with van der Waals surface area (Å²) < 4.78 is 47.1. The first-order valence-corrected chi connectivity index (χ1v) is 7.82. The Bertz CT molecular complexity index is 931. The van der Waals surface area contributed by atoms with Crippen molar-refractivity contribution in [3.63, 3.8) is 0 Å². The van der Waals surface area contributed by atoms with Crippen molar-refractivity contribution in [2.75, 3.05) is 0 Å². The van der Waals surface area contributed by atoms with Crippen molar-refractivity contribution in [3.8, 4) is 17.1 Å². The number of hydrogen-bond donors (Lipinski definition) is 0. The van der Waals surface area contributed by atoms with Crippen LogP contribution in [0.3, 0.4) is 0 Å². The van der Waals surface area contributed by atoms with Crippen molar-refractivity contribution in [1.82, 2.24) is 4.98 Å². The maximum absolute atomic E-state index is 14.1. The highest BCUT2D eigenvalue weighted by molar-refractivity contribution is 6.30. The highest BCUT2D eigenvalue weighted by atomic mass is 35.5. The number of aromatic nitrogens is 1. The molecular formula is C19H13ClF3NO. The minimum atomic E-state index is -0.964. The van der Waals surface area contributed by atoms with Crippen molar-refractivity contribution in [3.05, 3.63) is 82.1 Å². The van der Waals surface area contributed by atoms with Gasteiger partial charge in [0.25, 0.3) is 0 Å². The van der Waals surface area contributed by atoms with Crippen molar-refractivity contribution in [2.45, 2.75) is 13.5 Å². The summed E-state index contributed by atoms with van der Waals surface area (Å²) in [4.78, 5) is 4.16. The Morgan fingerprint density at radius 2 is 1.80 bits per heavy atom. The second-order valence-corrected chi connectivity index (χ2v) is 5.88. The van der Waals surface area contributed by atoms with Gasteiger partial charge in [0.2, 0.25) is 5.88 Å². The van der Waals surface area contributed by atoms with Crippen LogP contribution in [0.5, 0.6) is 5.88 Å². The molecule has 1 aromatic heterocycles. The Balaban J connectivity index is 1.84. The number of ether oxygens (including phenoxy) is 1. The van der Waals surface area contributed by atoms with Crippen molar-refractivity contribution < 1.29 is 17.9 Å². The van der Waals surface area contributed by atoms with Gasteiger partial charge in [-0.25, -0.2) is 18.2 Å². The van der Waals surface area contributed by atoms with Crippen molar-refractivity contribution in [1.29, 1.82) is 0 Å². The molecule has 0 fully saturated rings. The third-order valence-electron chi connectivity index (χ3n) is 3.67. The Labute approximate surface area is 147 Å². The first-order valence-electron chi connectivity index (χ1n) is 7.44. The molecule has 0 aliphatic heterocycles. The standard InChI is InChI=1S/C19H13ClF3NO/c1-11-5-8-14(19(23)18(11)22)16-3-2-4-17(24-16)25-10-12-6-7-13(20)9-15(12)21/h2-9H,10H2,1H3. The number of nitrogens with zero attached hydrogens (tertiary/aromatic N) is 1. The Hall–Kier alpha value is -2.53. The van der Waals surface area contributed by atoms with Gasteiger partial charge >= 0.3 is 0 Å². The molecular weight excluding hydrogens is 351 g/mol. The average molecular weight is 364 g/mol. The summed E-state index contributed by atoms with van der Waals surface area (Å²) in [7, 11) is 0. The summed E-state index contributed by atoms with van der Waals surface area (Å²) in [5.74, 6) is -2.19. The average Bonchev–Trinajstić information content (AvgIpc) is 2.59. The molecule has 3 aromatic rings. The minimum Gasteiger partial charge on any atom is -0.473 e. The molecule has 0 saturated carbocycles. The molecule has 0 radical (unpaired) electrons. The Morgan fingerprint density at radius 1 is 1.00 bits per heavy atom. The van der Waals surface area contributed by atoms with Crippen LogP contribution in [0.1, 0.15) is 11.1 Å². The molecule has 128 valence electrons.